The summed E-state index contributed by atoms with van der Waals surface area (Å²) in [7, 11) is 0. The predicted molar refractivity (Wildman–Crippen MR) is 80.6 cm³/mol. The van der Waals surface area contributed by atoms with Gasteiger partial charge in [-0.3, -0.25) is 9.69 Å². The lowest BCUT2D eigenvalue weighted by molar-refractivity contribution is -0.115. The molecule has 1 aromatic carbocycles. The van der Waals surface area contributed by atoms with Gasteiger partial charge in [0.25, 0.3) is 0 Å². The number of nitriles is 2. The van der Waals surface area contributed by atoms with E-state index in [0.717, 1.165) is 5.69 Å². The number of allylic oxidation sites excluding steroid dienone is 1. The maximum absolute atomic E-state index is 11.9. The number of anilines is 2. The Labute approximate surface area is 126 Å². The topological polar surface area (TPSA) is 80.8 Å². The lowest BCUT2D eigenvalue weighted by Gasteiger charge is -2.17. The third-order valence-electron chi connectivity index (χ3n) is 2.56. The second-order valence-electron chi connectivity index (χ2n) is 4.03. The molecule has 0 fully saturated rings. The Balaban J connectivity index is 2.39. The van der Waals surface area contributed by atoms with Crippen molar-refractivity contribution in [2.75, 3.05) is 4.90 Å². The second kappa shape index (κ2) is 6.47. The number of amides is 1. The van der Waals surface area contributed by atoms with E-state index in [2.05, 4.69) is 4.98 Å². The Hall–Kier alpha value is -2.96. The highest BCUT2D eigenvalue weighted by molar-refractivity contribution is 7.14. The quantitative estimate of drug-likeness (QED) is 0.814. The number of aromatic nitrogens is 1. The molecular weight excluding hydrogens is 284 g/mol. The van der Waals surface area contributed by atoms with Gasteiger partial charge in [-0.2, -0.15) is 10.5 Å². The van der Waals surface area contributed by atoms with Crippen LogP contribution in [0.5, 0.6) is 0 Å². The van der Waals surface area contributed by atoms with Crippen molar-refractivity contribution in [2.45, 2.75) is 6.92 Å². The first-order valence-electron chi connectivity index (χ1n) is 5.99. The Morgan fingerprint density at radius 2 is 1.95 bits per heavy atom. The van der Waals surface area contributed by atoms with Crippen LogP contribution in [0.2, 0.25) is 0 Å². The highest BCUT2D eigenvalue weighted by Crippen LogP contribution is 2.29. The van der Waals surface area contributed by atoms with Gasteiger partial charge in [0.1, 0.15) is 17.7 Å². The predicted octanol–water partition coefficient (Wildman–Crippen LogP) is 3.26. The lowest BCUT2D eigenvalue weighted by atomic mass is 10.3. The molecule has 0 aliphatic carbocycles. The normalized spacial score (nSPS) is 9.29. The van der Waals surface area contributed by atoms with Gasteiger partial charge < -0.3 is 0 Å². The number of hydrogen-bond acceptors (Lipinski definition) is 5. The van der Waals surface area contributed by atoms with Crippen molar-refractivity contribution in [3.63, 3.8) is 0 Å². The first-order valence-corrected chi connectivity index (χ1v) is 6.87. The van der Waals surface area contributed by atoms with Gasteiger partial charge in [0.2, 0.25) is 5.91 Å². The number of benzene rings is 1. The third kappa shape index (κ3) is 3.33. The molecule has 0 unspecified atom stereocenters. The smallest absolute Gasteiger partial charge is 0.230 e. The minimum atomic E-state index is -0.160. The maximum Gasteiger partial charge on any atom is 0.230 e. The molecule has 102 valence electrons. The minimum Gasteiger partial charge on any atom is -0.274 e. The minimum absolute atomic E-state index is 0.0269. The number of nitrogens with zero attached hydrogens (tertiary/aromatic N) is 4. The monoisotopic (exact) mass is 294 g/mol. The summed E-state index contributed by atoms with van der Waals surface area (Å²) in [5.41, 5.74) is 1.17. The molecule has 1 aromatic heterocycles. The molecule has 1 amide bonds. The van der Waals surface area contributed by atoms with Crippen molar-refractivity contribution in [2.24, 2.45) is 0 Å². The van der Waals surface area contributed by atoms with Crippen LogP contribution in [-0.2, 0) is 4.79 Å². The van der Waals surface area contributed by atoms with Crippen molar-refractivity contribution in [1.82, 2.24) is 4.98 Å². The summed E-state index contributed by atoms with van der Waals surface area (Å²) in [5.74, 6) is -0.160. The largest absolute Gasteiger partial charge is 0.274 e. The molecule has 0 atom stereocenters. The number of para-hydroxylation sites is 1. The Morgan fingerprint density at radius 1 is 1.29 bits per heavy atom. The summed E-state index contributed by atoms with van der Waals surface area (Å²) in [6, 6.07) is 12.7. The van der Waals surface area contributed by atoms with Crippen molar-refractivity contribution in [1.29, 1.82) is 10.5 Å². The summed E-state index contributed by atoms with van der Waals surface area (Å²) >= 11 is 1.27. The maximum atomic E-state index is 11.9. The molecule has 0 saturated heterocycles. The second-order valence-corrected chi connectivity index (χ2v) is 4.86. The summed E-state index contributed by atoms with van der Waals surface area (Å²) in [6.45, 7) is 1.46. The molecule has 0 bridgehead atoms. The molecule has 0 saturated carbocycles. The molecule has 2 rings (SSSR count). The fourth-order valence-corrected chi connectivity index (χ4v) is 2.53. The van der Waals surface area contributed by atoms with Gasteiger partial charge in [-0.15, -0.1) is 11.3 Å². The standard InChI is InChI=1S/C15H10N4OS/c1-11(20)19(14-5-3-2-4-6-14)15-18-13(10-21-15)7-12(8-16)9-17/h2-7,10H,1H3. The molecule has 0 spiro atoms. The molecule has 0 N–H and O–H groups in total. The summed E-state index contributed by atoms with van der Waals surface area (Å²) in [4.78, 5) is 17.6. The Bertz CT molecular complexity index is 749. The highest BCUT2D eigenvalue weighted by atomic mass is 32.1. The molecular formula is C15H10N4OS. The molecule has 2 aromatic rings. The van der Waals surface area contributed by atoms with Crippen molar-refractivity contribution >= 4 is 34.1 Å². The van der Waals surface area contributed by atoms with Crippen LogP contribution in [0.4, 0.5) is 10.8 Å². The van der Waals surface area contributed by atoms with Crippen molar-refractivity contribution in [3.8, 4) is 12.1 Å². The van der Waals surface area contributed by atoms with Crippen molar-refractivity contribution in [3.05, 3.63) is 47.0 Å². The van der Waals surface area contributed by atoms with E-state index in [9.17, 15) is 4.79 Å². The van der Waals surface area contributed by atoms with Gasteiger partial charge in [0, 0.05) is 12.3 Å². The van der Waals surface area contributed by atoms with Crippen LogP contribution in [0.1, 0.15) is 12.6 Å². The zero-order chi connectivity index (χ0) is 15.2. The van der Waals surface area contributed by atoms with Crippen molar-refractivity contribution < 1.29 is 4.79 Å². The summed E-state index contributed by atoms with van der Waals surface area (Å²) in [5, 5.41) is 19.7. The van der Waals surface area contributed by atoms with Crippen LogP contribution in [0.3, 0.4) is 0 Å². The number of hydrogen-bond donors (Lipinski definition) is 0. The fourth-order valence-electron chi connectivity index (χ4n) is 1.69. The van der Waals surface area contributed by atoms with Gasteiger partial charge >= 0.3 is 0 Å². The average Bonchev–Trinajstić information content (AvgIpc) is 2.94. The van der Waals surface area contributed by atoms with Gasteiger partial charge in [-0.1, -0.05) is 18.2 Å². The van der Waals surface area contributed by atoms with Gasteiger partial charge in [-0.25, -0.2) is 4.98 Å². The molecule has 1 heterocycles. The molecule has 0 radical (unpaired) electrons. The molecule has 6 heteroatoms. The van der Waals surface area contributed by atoms with E-state index in [1.807, 2.05) is 30.3 Å². The highest BCUT2D eigenvalue weighted by Gasteiger charge is 2.17. The van der Waals surface area contributed by atoms with Crippen LogP contribution >= 0.6 is 11.3 Å². The van der Waals surface area contributed by atoms with E-state index < -0.39 is 0 Å². The first-order chi connectivity index (χ1) is 10.2. The molecule has 5 nitrogen and oxygen atoms in total. The van der Waals surface area contributed by atoms with E-state index in [-0.39, 0.29) is 11.5 Å². The van der Waals surface area contributed by atoms with E-state index in [0.29, 0.717) is 10.8 Å². The molecule has 21 heavy (non-hydrogen) atoms. The zero-order valence-electron chi connectivity index (χ0n) is 11.1. The average molecular weight is 294 g/mol. The van der Waals surface area contributed by atoms with E-state index in [1.54, 1.807) is 17.5 Å². The zero-order valence-corrected chi connectivity index (χ0v) is 12.0. The van der Waals surface area contributed by atoms with Crippen LogP contribution in [0, 0.1) is 22.7 Å². The third-order valence-corrected chi connectivity index (χ3v) is 3.41. The number of carbonyl (C=O) groups excluding carboxylic acids is 1. The Morgan fingerprint density at radius 3 is 2.52 bits per heavy atom. The van der Waals surface area contributed by atoms with Crippen LogP contribution in [0.15, 0.2) is 41.3 Å². The van der Waals surface area contributed by atoms with Gasteiger partial charge in [0.05, 0.1) is 11.4 Å². The SMILES string of the molecule is CC(=O)N(c1ccccc1)c1nc(C=C(C#N)C#N)cs1. The first kappa shape index (κ1) is 14.4. The number of rotatable bonds is 3. The summed E-state index contributed by atoms with van der Waals surface area (Å²) in [6.07, 6.45) is 1.39. The molecule has 0 aliphatic rings. The Kier molecular flexibility index (Phi) is 4.45. The number of carbonyl (C=O) groups is 1. The number of thiazole rings is 1. The molecule has 0 aliphatic heterocycles. The van der Waals surface area contributed by atoms with E-state index in [4.69, 9.17) is 10.5 Å². The van der Waals surface area contributed by atoms with Gasteiger partial charge in [0.15, 0.2) is 5.13 Å². The van der Waals surface area contributed by atoms with Crippen LogP contribution in [0.25, 0.3) is 6.08 Å². The van der Waals surface area contributed by atoms with Gasteiger partial charge in [-0.05, 0) is 18.2 Å². The summed E-state index contributed by atoms with van der Waals surface area (Å²) < 4.78 is 0. The fraction of sp³-hybridized carbons (Fsp3) is 0.0667. The van der Waals surface area contributed by atoms with Crippen LogP contribution in [-0.4, -0.2) is 10.9 Å². The van der Waals surface area contributed by atoms with Crippen LogP contribution < -0.4 is 4.90 Å². The lowest BCUT2D eigenvalue weighted by Crippen LogP contribution is -2.22. The van der Waals surface area contributed by atoms with E-state index in [1.165, 1.54) is 29.2 Å². The van der Waals surface area contributed by atoms with E-state index >= 15 is 0 Å².